The first kappa shape index (κ1) is 8.99. The molecule has 4 heteroatoms. The molecule has 0 bridgehead atoms. The monoisotopic (exact) mass is 251 g/mol. The van der Waals surface area contributed by atoms with Crippen molar-refractivity contribution in [1.29, 1.82) is 0 Å². The summed E-state index contributed by atoms with van der Waals surface area (Å²) in [5, 5.41) is 1.04. The number of hydrogen-bond donors (Lipinski definition) is 0. The summed E-state index contributed by atoms with van der Waals surface area (Å²) in [6.45, 7) is 0. The van der Waals surface area contributed by atoms with Crippen LogP contribution in [0.1, 0.15) is 0 Å². The summed E-state index contributed by atoms with van der Waals surface area (Å²) in [4.78, 5) is 3.86. The van der Waals surface area contributed by atoms with Gasteiger partial charge < -0.3 is 0 Å². The number of aliphatic imine (C=N–C) groups is 1. The predicted octanol–water partition coefficient (Wildman–Crippen LogP) is 2.70. The van der Waals surface area contributed by atoms with Crippen molar-refractivity contribution in [1.82, 2.24) is 0 Å². The van der Waals surface area contributed by atoms with Gasteiger partial charge in [-0.05, 0) is 0 Å². The van der Waals surface area contributed by atoms with Crippen molar-refractivity contribution in [2.24, 2.45) is 4.99 Å². The summed E-state index contributed by atoms with van der Waals surface area (Å²) < 4.78 is 2.53. The van der Waals surface area contributed by atoms with E-state index in [9.17, 15) is 0 Å². The third-order valence-corrected chi connectivity index (χ3v) is 2.01. The average molecular weight is 251 g/mol. The molecule has 0 spiro atoms. The molecule has 0 amide bonds. The van der Waals surface area contributed by atoms with Gasteiger partial charge in [-0.3, -0.25) is 0 Å². The van der Waals surface area contributed by atoms with Crippen LogP contribution in [0.3, 0.4) is 0 Å². The Morgan fingerprint density at radius 3 is 2.55 bits per heavy atom. The molecule has 0 fully saturated rings. The van der Waals surface area contributed by atoms with Gasteiger partial charge in [0.1, 0.15) is 0 Å². The SMILES string of the molecule is Clc1ccc(N=C=[Se])cc1Cl. The third-order valence-electron chi connectivity index (χ3n) is 1.08. The minimum atomic E-state index is 0.503. The van der Waals surface area contributed by atoms with Gasteiger partial charge in [0.05, 0.1) is 0 Å². The van der Waals surface area contributed by atoms with E-state index in [-0.39, 0.29) is 0 Å². The Hall–Kier alpha value is -0.101. The molecule has 1 aromatic rings. The summed E-state index contributed by atoms with van der Waals surface area (Å²) in [5.41, 5.74) is 0.734. The van der Waals surface area contributed by atoms with Gasteiger partial charge in [-0.25, -0.2) is 0 Å². The summed E-state index contributed by atoms with van der Waals surface area (Å²) in [6, 6.07) is 5.13. The molecule has 0 aliphatic rings. The Bertz CT molecular complexity index is 318. The molecule has 0 N–H and O–H groups in total. The van der Waals surface area contributed by atoms with Crippen LogP contribution in [0.2, 0.25) is 10.0 Å². The Labute approximate surface area is 82.4 Å². The van der Waals surface area contributed by atoms with E-state index in [1.807, 2.05) is 0 Å². The van der Waals surface area contributed by atoms with Gasteiger partial charge in [0, 0.05) is 0 Å². The van der Waals surface area contributed by atoms with Gasteiger partial charge in [-0.15, -0.1) is 0 Å². The molecular formula is C7H3Cl2NSe. The van der Waals surface area contributed by atoms with Crippen LogP contribution in [0.25, 0.3) is 0 Å². The fourth-order valence-corrected chi connectivity index (χ4v) is 1.12. The molecule has 0 heterocycles. The topological polar surface area (TPSA) is 12.4 Å². The predicted molar refractivity (Wildman–Crippen MR) is 49.3 cm³/mol. The van der Waals surface area contributed by atoms with Crippen LogP contribution in [0.15, 0.2) is 23.2 Å². The molecule has 0 saturated carbocycles. The van der Waals surface area contributed by atoms with Gasteiger partial charge in [0.25, 0.3) is 0 Å². The zero-order chi connectivity index (χ0) is 8.27. The summed E-state index contributed by atoms with van der Waals surface area (Å²) in [7, 11) is 0. The van der Waals surface area contributed by atoms with Crippen molar-refractivity contribution in [3.63, 3.8) is 0 Å². The molecule has 0 aromatic heterocycles. The van der Waals surface area contributed by atoms with E-state index in [4.69, 9.17) is 23.2 Å². The van der Waals surface area contributed by atoms with Crippen molar-refractivity contribution in [3.05, 3.63) is 28.2 Å². The molecule has 11 heavy (non-hydrogen) atoms. The number of hydrogen-bond acceptors (Lipinski definition) is 1. The van der Waals surface area contributed by atoms with Crippen molar-refractivity contribution in [2.45, 2.75) is 0 Å². The molecule has 0 unspecified atom stereocenters. The van der Waals surface area contributed by atoms with Crippen LogP contribution in [0, 0.1) is 0 Å². The summed E-state index contributed by atoms with van der Waals surface area (Å²) >= 11 is 13.9. The van der Waals surface area contributed by atoms with E-state index in [2.05, 4.69) is 25.3 Å². The zero-order valence-corrected chi connectivity index (χ0v) is 8.57. The van der Waals surface area contributed by atoms with Crippen LogP contribution in [0.5, 0.6) is 0 Å². The van der Waals surface area contributed by atoms with Crippen molar-refractivity contribution in [3.8, 4) is 0 Å². The molecule has 1 nitrogen and oxygen atoms in total. The van der Waals surface area contributed by atoms with E-state index in [0.29, 0.717) is 10.0 Å². The van der Waals surface area contributed by atoms with Crippen LogP contribution in [-0.4, -0.2) is 20.3 Å². The Morgan fingerprint density at radius 1 is 1.27 bits per heavy atom. The van der Waals surface area contributed by atoms with Crippen molar-refractivity contribution >= 4 is 49.2 Å². The first-order valence-corrected chi connectivity index (χ1v) is 4.38. The number of rotatable bonds is 1. The van der Waals surface area contributed by atoms with E-state index >= 15 is 0 Å². The van der Waals surface area contributed by atoms with Gasteiger partial charge >= 0.3 is 82.4 Å². The van der Waals surface area contributed by atoms with E-state index in [1.165, 1.54) is 0 Å². The van der Waals surface area contributed by atoms with Crippen molar-refractivity contribution < 1.29 is 0 Å². The second-order valence-corrected chi connectivity index (χ2v) is 3.00. The standard InChI is InChI=1S/C7H3Cl2NSe/c8-6-2-1-5(10-4-11)3-7(6)9/h1-3H. The average Bonchev–Trinajstić information content (AvgIpc) is 1.98. The molecular weight excluding hydrogens is 248 g/mol. The van der Waals surface area contributed by atoms with Gasteiger partial charge in [-0.2, -0.15) is 0 Å². The van der Waals surface area contributed by atoms with Crippen LogP contribution < -0.4 is 0 Å². The summed E-state index contributed by atoms with van der Waals surface area (Å²) in [5.74, 6) is 0. The molecule has 1 rings (SSSR count). The van der Waals surface area contributed by atoms with Crippen LogP contribution >= 0.6 is 23.2 Å². The first-order valence-electron chi connectivity index (χ1n) is 2.77. The molecule has 0 aliphatic heterocycles. The molecule has 56 valence electrons. The molecule has 0 aliphatic carbocycles. The van der Waals surface area contributed by atoms with Crippen LogP contribution in [0.4, 0.5) is 5.69 Å². The third kappa shape index (κ3) is 2.44. The number of nitrogens with zero attached hydrogens (tertiary/aromatic N) is 1. The van der Waals surface area contributed by atoms with Crippen molar-refractivity contribution in [2.75, 3.05) is 0 Å². The first-order chi connectivity index (χ1) is 5.24. The number of halogens is 2. The Balaban J connectivity index is 3.14. The molecule has 0 radical (unpaired) electrons. The quantitative estimate of drug-likeness (QED) is 0.537. The Morgan fingerprint density at radius 2 is 2.00 bits per heavy atom. The van der Waals surface area contributed by atoms with Gasteiger partial charge in [0.2, 0.25) is 0 Å². The Kier molecular flexibility index (Phi) is 3.32. The van der Waals surface area contributed by atoms with Crippen LogP contribution in [-0.2, 0) is 0 Å². The maximum atomic E-state index is 5.72. The van der Waals surface area contributed by atoms with E-state index in [0.717, 1.165) is 5.69 Å². The second kappa shape index (κ2) is 4.06. The van der Waals surface area contributed by atoms with E-state index < -0.39 is 0 Å². The number of benzene rings is 1. The zero-order valence-electron chi connectivity index (χ0n) is 5.34. The second-order valence-electron chi connectivity index (χ2n) is 1.80. The maximum absolute atomic E-state index is 5.72. The molecule has 0 saturated heterocycles. The van der Waals surface area contributed by atoms with Gasteiger partial charge in [-0.1, -0.05) is 0 Å². The molecule has 0 atom stereocenters. The van der Waals surface area contributed by atoms with Gasteiger partial charge in [0.15, 0.2) is 0 Å². The summed E-state index contributed by atoms with van der Waals surface area (Å²) in [6.07, 6.45) is 0. The van der Waals surface area contributed by atoms with E-state index in [1.54, 1.807) is 18.2 Å². The fourth-order valence-electron chi connectivity index (χ4n) is 0.607. The normalized spacial score (nSPS) is 8.91. The fraction of sp³-hybridized carbons (Fsp3) is 0. The molecule has 1 aromatic carbocycles. The minimum absolute atomic E-state index is 0.503.